The second-order valence-electron chi connectivity index (χ2n) is 4.91. The Morgan fingerprint density at radius 2 is 2.31 bits per heavy atom. The third-order valence-electron chi connectivity index (χ3n) is 3.35. The molecule has 3 heteroatoms. The molecule has 1 fully saturated rings. The molecule has 1 aliphatic heterocycles. The highest BCUT2D eigenvalue weighted by atomic mass is 15.2. The molecule has 0 radical (unpaired) electrons. The van der Waals surface area contributed by atoms with Gasteiger partial charge in [0.15, 0.2) is 0 Å². The largest absolute Gasteiger partial charge is 0.380 e. The maximum absolute atomic E-state index is 4.17. The molecular formula is C13H21N3. The van der Waals surface area contributed by atoms with E-state index in [-0.39, 0.29) is 0 Å². The molecule has 1 saturated heterocycles. The SMILES string of the molecule is Cc1ccncc1NC1CCN(C(C)C)C1. The van der Waals surface area contributed by atoms with Gasteiger partial charge in [-0.25, -0.2) is 0 Å². The Hall–Kier alpha value is -1.09. The van der Waals surface area contributed by atoms with E-state index >= 15 is 0 Å². The molecule has 1 aromatic heterocycles. The molecule has 2 heterocycles. The zero-order valence-electron chi connectivity index (χ0n) is 10.4. The van der Waals surface area contributed by atoms with Crippen molar-refractivity contribution in [3.63, 3.8) is 0 Å². The van der Waals surface area contributed by atoms with Crippen molar-refractivity contribution in [2.75, 3.05) is 18.4 Å². The fraction of sp³-hybridized carbons (Fsp3) is 0.615. The summed E-state index contributed by atoms with van der Waals surface area (Å²) in [6.07, 6.45) is 5.00. The van der Waals surface area contributed by atoms with Crippen LogP contribution in [0.5, 0.6) is 0 Å². The van der Waals surface area contributed by atoms with Crippen molar-refractivity contribution in [1.29, 1.82) is 0 Å². The van der Waals surface area contributed by atoms with Gasteiger partial charge in [-0.15, -0.1) is 0 Å². The Kier molecular flexibility index (Phi) is 3.44. The number of anilines is 1. The number of rotatable bonds is 3. The predicted molar refractivity (Wildman–Crippen MR) is 67.7 cm³/mol. The molecular weight excluding hydrogens is 198 g/mol. The minimum Gasteiger partial charge on any atom is -0.380 e. The van der Waals surface area contributed by atoms with Crippen LogP contribution in [0.15, 0.2) is 18.5 Å². The lowest BCUT2D eigenvalue weighted by molar-refractivity contribution is 0.274. The first-order valence-corrected chi connectivity index (χ1v) is 6.08. The van der Waals surface area contributed by atoms with Crippen molar-refractivity contribution in [2.45, 2.75) is 39.3 Å². The summed E-state index contributed by atoms with van der Waals surface area (Å²) in [5, 5.41) is 3.59. The van der Waals surface area contributed by atoms with E-state index in [9.17, 15) is 0 Å². The second-order valence-corrected chi connectivity index (χ2v) is 4.91. The van der Waals surface area contributed by atoms with Crippen LogP contribution in [0.2, 0.25) is 0 Å². The van der Waals surface area contributed by atoms with Gasteiger partial charge in [0.1, 0.15) is 0 Å². The zero-order chi connectivity index (χ0) is 11.5. The molecule has 3 nitrogen and oxygen atoms in total. The van der Waals surface area contributed by atoms with Crippen LogP contribution in [-0.2, 0) is 0 Å². The standard InChI is InChI=1S/C13H21N3/c1-10(2)16-7-5-12(9-16)15-13-8-14-6-4-11(13)3/h4,6,8,10,12,15H,5,7,9H2,1-3H3. The van der Waals surface area contributed by atoms with Gasteiger partial charge in [-0.3, -0.25) is 9.88 Å². The summed E-state index contributed by atoms with van der Waals surface area (Å²) in [5.41, 5.74) is 2.45. The maximum atomic E-state index is 4.17. The lowest BCUT2D eigenvalue weighted by Gasteiger charge is -2.21. The Morgan fingerprint density at radius 3 is 2.94 bits per heavy atom. The van der Waals surface area contributed by atoms with E-state index in [4.69, 9.17) is 0 Å². The third-order valence-corrected chi connectivity index (χ3v) is 3.35. The number of likely N-dealkylation sites (tertiary alicyclic amines) is 1. The van der Waals surface area contributed by atoms with E-state index in [0.717, 1.165) is 6.54 Å². The van der Waals surface area contributed by atoms with Crippen molar-refractivity contribution in [2.24, 2.45) is 0 Å². The monoisotopic (exact) mass is 219 g/mol. The van der Waals surface area contributed by atoms with Crippen LogP contribution in [0.25, 0.3) is 0 Å². The van der Waals surface area contributed by atoms with E-state index in [0.29, 0.717) is 12.1 Å². The van der Waals surface area contributed by atoms with Gasteiger partial charge < -0.3 is 5.32 Å². The average Bonchev–Trinajstić information content (AvgIpc) is 2.70. The summed E-state index contributed by atoms with van der Waals surface area (Å²) >= 11 is 0. The van der Waals surface area contributed by atoms with Crippen molar-refractivity contribution in [3.05, 3.63) is 24.0 Å². The fourth-order valence-electron chi connectivity index (χ4n) is 2.21. The van der Waals surface area contributed by atoms with E-state index < -0.39 is 0 Å². The van der Waals surface area contributed by atoms with Crippen molar-refractivity contribution >= 4 is 5.69 Å². The first-order chi connectivity index (χ1) is 7.66. The highest BCUT2D eigenvalue weighted by Crippen LogP contribution is 2.19. The fourth-order valence-corrected chi connectivity index (χ4v) is 2.21. The van der Waals surface area contributed by atoms with Gasteiger partial charge in [0.05, 0.1) is 11.9 Å². The number of hydrogen-bond acceptors (Lipinski definition) is 3. The molecule has 88 valence electrons. The van der Waals surface area contributed by atoms with Crippen molar-refractivity contribution in [1.82, 2.24) is 9.88 Å². The quantitative estimate of drug-likeness (QED) is 0.845. The van der Waals surface area contributed by atoms with Crippen LogP contribution in [0.4, 0.5) is 5.69 Å². The molecule has 0 spiro atoms. The van der Waals surface area contributed by atoms with E-state index in [1.54, 1.807) is 0 Å². The van der Waals surface area contributed by atoms with Crippen LogP contribution in [0.3, 0.4) is 0 Å². The number of hydrogen-bond donors (Lipinski definition) is 1. The van der Waals surface area contributed by atoms with Crippen LogP contribution < -0.4 is 5.32 Å². The first kappa shape index (κ1) is 11.4. The number of pyridine rings is 1. The Balaban J connectivity index is 1.95. The van der Waals surface area contributed by atoms with Gasteiger partial charge in [-0.05, 0) is 38.8 Å². The molecule has 0 bridgehead atoms. The number of aryl methyl sites for hydroxylation is 1. The normalized spacial score (nSPS) is 21.6. The predicted octanol–water partition coefficient (Wildman–Crippen LogP) is 2.28. The molecule has 16 heavy (non-hydrogen) atoms. The van der Waals surface area contributed by atoms with Crippen LogP contribution in [0, 0.1) is 6.92 Å². The van der Waals surface area contributed by atoms with Gasteiger partial charge in [0.2, 0.25) is 0 Å². The Bertz CT molecular complexity index is 349. The second kappa shape index (κ2) is 4.83. The van der Waals surface area contributed by atoms with E-state index in [1.807, 2.05) is 12.4 Å². The molecule has 1 aliphatic rings. The molecule has 1 N–H and O–H groups in total. The first-order valence-electron chi connectivity index (χ1n) is 6.08. The highest BCUT2D eigenvalue weighted by Gasteiger charge is 2.24. The summed E-state index contributed by atoms with van der Waals surface area (Å²) in [7, 11) is 0. The smallest absolute Gasteiger partial charge is 0.0559 e. The maximum Gasteiger partial charge on any atom is 0.0559 e. The Morgan fingerprint density at radius 1 is 1.50 bits per heavy atom. The molecule has 2 rings (SSSR count). The highest BCUT2D eigenvalue weighted by molar-refractivity contribution is 5.48. The molecule has 1 aromatic rings. The van der Waals surface area contributed by atoms with Crippen LogP contribution in [0.1, 0.15) is 25.8 Å². The molecule has 1 atom stereocenters. The molecule has 0 amide bonds. The lowest BCUT2D eigenvalue weighted by atomic mass is 10.2. The van der Waals surface area contributed by atoms with Gasteiger partial charge >= 0.3 is 0 Å². The zero-order valence-corrected chi connectivity index (χ0v) is 10.4. The molecule has 0 aliphatic carbocycles. The number of aromatic nitrogens is 1. The number of nitrogens with zero attached hydrogens (tertiary/aromatic N) is 2. The number of nitrogens with one attached hydrogen (secondary N) is 1. The Labute approximate surface area is 97.9 Å². The summed E-state index contributed by atoms with van der Waals surface area (Å²) in [6.45, 7) is 9.00. The van der Waals surface area contributed by atoms with Crippen molar-refractivity contribution < 1.29 is 0 Å². The minimum absolute atomic E-state index is 0.574. The van der Waals surface area contributed by atoms with E-state index in [2.05, 4.69) is 42.0 Å². The molecule has 1 unspecified atom stereocenters. The van der Waals surface area contributed by atoms with Crippen molar-refractivity contribution in [3.8, 4) is 0 Å². The van der Waals surface area contributed by atoms with Crippen LogP contribution >= 0.6 is 0 Å². The summed E-state index contributed by atoms with van der Waals surface area (Å²) in [4.78, 5) is 6.68. The van der Waals surface area contributed by atoms with Gasteiger partial charge in [-0.1, -0.05) is 0 Å². The molecule has 0 saturated carbocycles. The lowest BCUT2D eigenvalue weighted by Crippen LogP contribution is -2.31. The summed E-state index contributed by atoms with van der Waals surface area (Å²) < 4.78 is 0. The van der Waals surface area contributed by atoms with Gasteiger partial charge in [-0.2, -0.15) is 0 Å². The molecule has 0 aromatic carbocycles. The van der Waals surface area contributed by atoms with Gasteiger partial charge in [0.25, 0.3) is 0 Å². The summed E-state index contributed by atoms with van der Waals surface area (Å²) in [5.74, 6) is 0. The minimum atomic E-state index is 0.574. The third kappa shape index (κ3) is 2.53. The average molecular weight is 219 g/mol. The van der Waals surface area contributed by atoms with E-state index in [1.165, 1.54) is 24.2 Å². The van der Waals surface area contributed by atoms with Crippen LogP contribution in [-0.4, -0.2) is 35.1 Å². The summed E-state index contributed by atoms with van der Waals surface area (Å²) in [6, 6.07) is 3.28. The van der Waals surface area contributed by atoms with Gasteiger partial charge in [0, 0.05) is 31.4 Å². The topological polar surface area (TPSA) is 28.2 Å².